The molecule has 1 aromatic heterocycles. The van der Waals surface area contributed by atoms with E-state index in [-0.39, 0.29) is 5.82 Å². The largest absolute Gasteiger partial charge is 0.446 e. The van der Waals surface area contributed by atoms with Gasteiger partial charge in [0.2, 0.25) is 0 Å². The Bertz CT molecular complexity index is 479. The van der Waals surface area contributed by atoms with Crippen molar-refractivity contribution in [3.63, 3.8) is 0 Å². The Morgan fingerprint density at radius 2 is 2.07 bits per heavy atom. The van der Waals surface area contributed by atoms with Gasteiger partial charge >= 0.3 is 0 Å². The Balaban J connectivity index is 2.27. The van der Waals surface area contributed by atoms with E-state index in [4.69, 9.17) is 10.2 Å². The average Bonchev–Trinajstić information content (AvgIpc) is 2.58. The molecule has 1 heterocycles. The quantitative estimate of drug-likeness (QED) is 0.742. The van der Waals surface area contributed by atoms with Gasteiger partial charge in [0.05, 0.1) is 11.4 Å². The fourth-order valence-electron chi connectivity index (χ4n) is 1.27. The van der Waals surface area contributed by atoms with Crippen LogP contribution in [-0.2, 0) is 0 Å². The van der Waals surface area contributed by atoms with Gasteiger partial charge in [-0.25, -0.2) is 4.39 Å². The molecule has 1 aromatic carbocycles. The molecule has 0 bridgehead atoms. The fraction of sp³-hybridized carbons (Fsp3) is 0.0909. The number of furan rings is 1. The molecule has 0 aliphatic rings. The highest BCUT2D eigenvalue weighted by molar-refractivity contribution is 5.70. The Hall–Kier alpha value is -1.97. The van der Waals surface area contributed by atoms with Crippen LogP contribution in [0.1, 0.15) is 5.76 Å². The second-order valence-corrected chi connectivity index (χ2v) is 3.27. The summed E-state index contributed by atoms with van der Waals surface area (Å²) in [5.41, 5.74) is 6.65. The Labute approximate surface area is 86.7 Å². The van der Waals surface area contributed by atoms with Crippen molar-refractivity contribution in [2.75, 3.05) is 11.1 Å². The highest BCUT2D eigenvalue weighted by atomic mass is 19.1. The molecule has 0 saturated carbocycles. The summed E-state index contributed by atoms with van der Waals surface area (Å²) in [7, 11) is 0. The van der Waals surface area contributed by atoms with Gasteiger partial charge in [-0.3, -0.25) is 0 Å². The molecule has 2 aromatic rings. The first-order valence-electron chi connectivity index (χ1n) is 4.53. The summed E-state index contributed by atoms with van der Waals surface area (Å²) >= 11 is 0. The monoisotopic (exact) mass is 206 g/mol. The minimum atomic E-state index is -0.338. The van der Waals surface area contributed by atoms with Gasteiger partial charge in [0, 0.05) is 6.07 Å². The van der Waals surface area contributed by atoms with Crippen LogP contribution in [0.2, 0.25) is 0 Å². The first-order valence-corrected chi connectivity index (χ1v) is 4.53. The number of nitrogens with one attached hydrogen (secondary N) is 1. The number of rotatable bonds is 2. The molecule has 2 rings (SSSR count). The highest BCUT2D eigenvalue weighted by Gasteiger charge is 2.03. The summed E-state index contributed by atoms with van der Waals surface area (Å²) in [4.78, 5) is 0. The summed E-state index contributed by atoms with van der Waals surface area (Å²) in [6, 6.07) is 7.73. The van der Waals surface area contributed by atoms with E-state index in [0.717, 1.165) is 5.76 Å². The van der Waals surface area contributed by atoms with Crippen molar-refractivity contribution < 1.29 is 8.81 Å². The van der Waals surface area contributed by atoms with Crippen LogP contribution in [-0.4, -0.2) is 0 Å². The topological polar surface area (TPSA) is 51.2 Å². The third-order valence-corrected chi connectivity index (χ3v) is 2.01. The second kappa shape index (κ2) is 3.65. The summed E-state index contributed by atoms with van der Waals surface area (Å²) in [5, 5.41) is 2.90. The van der Waals surface area contributed by atoms with E-state index >= 15 is 0 Å². The third-order valence-electron chi connectivity index (χ3n) is 2.01. The fourth-order valence-corrected chi connectivity index (χ4v) is 1.27. The average molecular weight is 206 g/mol. The number of benzene rings is 1. The number of nitrogen functional groups attached to an aromatic ring is 1. The number of anilines is 3. The van der Waals surface area contributed by atoms with E-state index in [1.54, 1.807) is 6.07 Å². The van der Waals surface area contributed by atoms with E-state index in [1.807, 2.05) is 13.0 Å². The van der Waals surface area contributed by atoms with E-state index in [1.165, 1.54) is 18.2 Å². The zero-order valence-corrected chi connectivity index (χ0v) is 8.25. The molecule has 0 saturated heterocycles. The van der Waals surface area contributed by atoms with Crippen LogP contribution < -0.4 is 11.1 Å². The van der Waals surface area contributed by atoms with E-state index in [0.29, 0.717) is 17.3 Å². The number of hydrogen-bond donors (Lipinski definition) is 2. The molecule has 78 valence electrons. The molecule has 4 heteroatoms. The lowest BCUT2D eigenvalue weighted by Crippen LogP contribution is -1.95. The van der Waals surface area contributed by atoms with Crippen LogP contribution in [0.3, 0.4) is 0 Å². The van der Waals surface area contributed by atoms with Gasteiger partial charge in [0.25, 0.3) is 0 Å². The zero-order valence-electron chi connectivity index (χ0n) is 8.25. The van der Waals surface area contributed by atoms with E-state index in [9.17, 15) is 4.39 Å². The van der Waals surface area contributed by atoms with Crippen LogP contribution in [0.25, 0.3) is 0 Å². The predicted molar refractivity (Wildman–Crippen MR) is 57.5 cm³/mol. The van der Waals surface area contributed by atoms with Crippen molar-refractivity contribution in [1.82, 2.24) is 0 Å². The third kappa shape index (κ3) is 2.10. The summed E-state index contributed by atoms with van der Waals surface area (Å²) in [6.45, 7) is 1.83. The number of halogens is 1. The standard InChI is InChI=1S/C11H11FN2O/c1-7-2-5-11(15-7)14-10-6-8(12)3-4-9(10)13/h2-6,14H,13H2,1H3. The van der Waals surface area contributed by atoms with Crippen LogP contribution in [0.15, 0.2) is 34.7 Å². The Kier molecular flexibility index (Phi) is 2.33. The Morgan fingerprint density at radius 3 is 2.73 bits per heavy atom. The van der Waals surface area contributed by atoms with Crippen molar-refractivity contribution in [3.05, 3.63) is 41.9 Å². The SMILES string of the molecule is Cc1ccc(Nc2cc(F)ccc2N)o1. The van der Waals surface area contributed by atoms with E-state index in [2.05, 4.69) is 5.32 Å². The van der Waals surface area contributed by atoms with Gasteiger partial charge in [-0.1, -0.05) is 0 Å². The molecule has 0 amide bonds. The summed E-state index contributed by atoms with van der Waals surface area (Å²) in [5.74, 6) is 0.993. The highest BCUT2D eigenvalue weighted by Crippen LogP contribution is 2.24. The van der Waals surface area contributed by atoms with Crippen LogP contribution in [0.5, 0.6) is 0 Å². The minimum absolute atomic E-state index is 0.338. The lowest BCUT2D eigenvalue weighted by atomic mass is 10.2. The molecule has 0 fully saturated rings. The normalized spacial score (nSPS) is 10.3. The maximum atomic E-state index is 12.9. The van der Waals surface area contributed by atoms with Gasteiger partial charge in [0.15, 0.2) is 5.88 Å². The molecule has 3 N–H and O–H groups in total. The summed E-state index contributed by atoms with van der Waals surface area (Å²) in [6.07, 6.45) is 0. The smallest absolute Gasteiger partial charge is 0.197 e. The van der Waals surface area contributed by atoms with Gasteiger partial charge in [-0.05, 0) is 31.2 Å². The molecule has 0 aliphatic heterocycles. The number of hydrogen-bond acceptors (Lipinski definition) is 3. The Morgan fingerprint density at radius 1 is 1.27 bits per heavy atom. The van der Waals surface area contributed by atoms with Crippen molar-refractivity contribution in [2.24, 2.45) is 0 Å². The number of nitrogens with two attached hydrogens (primary N) is 1. The zero-order chi connectivity index (χ0) is 10.8. The van der Waals surface area contributed by atoms with E-state index < -0.39 is 0 Å². The van der Waals surface area contributed by atoms with Crippen LogP contribution >= 0.6 is 0 Å². The molecule has 15 heavy (non-hydrogen) atoms. The maximum absolute atomic E-state index is 12.9. The van der Waals surface area contributed by atoms with Gasteiger partial charge in [0.1, 0.15) is 11.6 Å². The predicted octanol–water partition coefficient (Wildman–Crippen LogP) is 3.05. The first kappa shape index (κ1) is 9.58. The van der Waals surface area contributed by atoms with Crippen molar-refractivity contribution >= 4 is 17.3 Å². The lowest BCUT2D eigenvalue weighted by Gasteiger charge is -2.06. The van der Waals surface area contributed by atoms with Crippen molar-refractivity contribution in [2.45, 2.75) is 6.92 Å². The maximum Gasteiger partial charge on any atom is 0.197 e. The molecule has 0 unspecified atom stereocenters. The second-order valence-electron chi connectivity index (χ2n) is 3.27. The number of aryl methyl sites for hydroxylation is 1. The van der Waals surface area contributed by atoms with Crippen molar-refractivity contribution in [1.29, 1.82) is 0 Å². The van der Waals surface area contributed by atoms with Crippen LogP contribution in [0, 0.1) is 12.7 Å². The molecule has 0 aliphatic carbocycles. The molecule has 0 radical (unpaired) electrons. The molecule has 0 spiro atoms. The molecular formula is C11H11FN2O. The van der Waals surface area contributed by atoms with Gasteiger partial charge in [-0.15, -0.1) is 0 Å². The molecular weight excluding hydrogens is 195 g/mol. The van der Waals surface area contributed by atoms with Gasteiger partial charge in [-0.2, -0.15) is 0 Å². The minimum Gasteiger partial charge on any atom is -0.446 e. The molecule has 0 atom stereocenters. The van der Waals surface area contributed by atoms with Crippen molar-refractivity contribution in [3.8, 4) is 0 Å². The lowest BCUT2D eigenvalue weighted by molar-refractivity contribution is 0.551. The van der Waals surface area contributed by atoms with Gasteiger partial charge < -0.3 is 15.5 Å². The molecule has 3 nitrogen and oxygen atoms in total. The first-order chi connectivity index (χ1) is 7.15. The summed E-state index contributed by atoms with van der Waals surface area (Å²) < 4.78 is 18.2. The van der Waals surface area contributed by atoms with Crippen LogP contribution in [0.4, 0.5) is 21.6 Å².